The van der Waals surface area contributed by atoms with Gasteiger partial charge in [-0.1, -0.05) is 0 Å². The van der Waals surface area contributed by atoms with E-state index >= 15 is 0 Å². The molecular weight excluding hydrogens is 202 g/mol. The van der Waals surface area contributed by atoms with E-state index in [0.717, 1.165) is 38.2 Å². The third kappa shape index (κ3) is 2.23. The van der Waals surface area contributed by atoms with Crippen LogP contribution in [0.25, 0.3) is 0 Å². The summed E-state index contributed by atoms with van der Waals surface area (Å²) in [5, 5.41) is 12.8. The summed E-state index contributed by atoms with van der Waals surface area (Å²) in [7, 11) is 0. The standard InChI is InChI=1S/C11H17N5/c12-3-1-2-4-15-5-6-16-11(9-15)10(7-13)8-14-16/h8H,1-2,4-7,9,13H2. The average molecular weight is 219 g/mol. The normalized spacial score (nSPS) is 15.8. The number of hydrogen-bond acceptors (Lipinski definition) is 4. The van der Waals surface area contributed by atoms with Gasteiger partial charge in [-0.05, 0) is 13.0 Å². The summed E-state index contributed by atoms with van der Waals surface area (Å²) >= 11 is 0. The van der Waals surface area contributed by atoms with Crippen LogP contribution in [0.3, 0.4) is 0 Å². The van der Waals surface area contributed by atoms with Crippen molar-refractivity contribution in [2.24, 2.45) is 5.73 Å². The lowest BCUT2D eigenvalue weighted by Gasteiger charge is -2.27. The highest BCUT2D eigenvalue weighted by Crippen LogP contribution is 2.16. The van der Waals surface area contributed by atoms with Gasteiger partial charge >= 0.3 is 0 Å². The minimum absolute atomic E-state index is 0.557. The maximum absolute atomic E-state index is 8.50. The third-order valence-corrected chi connectivity index (χ3v) is 3.02. The Bertz CT molecular complexity index is 376. The molecule has 86 valence electrons. The van der Waals surface area contributed by atoms with Gasteiger partial charge in [-0.3, -0.25) is 9.58 Å². The van der Waals surface area contributed by atoms with E-state index in [0.29, 0.717) is 13.0 Å². The van der Waals surface area contributed by atoms with E-state index in [1.54, 1.807) is 0 Å². The molecule has 0 bridgehead atoms. The molecule has 0 aromatic carbocycles. The highest BCUT2D eigenvalue weighted by atomic mass is 15.3. The van der Waals surface area contributed by atoms with Crippen molar-refractivity contribution in [2.45, 2.75) is 32.5 Å². The molecule has 0 spiro atoms. The van der Waals surface area contributed by atoms with Gasteiger partial charge in [-0.15, -0.1) is 0 Å². The molecule has 2 heterocycles. The SMILES string of the molecule is N#CCCCN1CCn2ncc(CN)c2C1. The van der Waals surface area contributed by atoms with Crippen LogP contribution in [0.15, 0.2) is 6.20 Å². The van der Waals surface area contributed by atoms with Crippen LogP contribution >= 0.6 is 0 Å². The fraction of sp³-hybridized carbons (Fsp3) is 0.636. The van der Waals surface area contributed by atoms with E-state index < -0.39 is 0 Å². The summed E-state index contributed by atoms with van der Waals surface area (Å²) in [5.74, 6) is 0. The summed E-state index contributed by atoms with van der Waals surface area (Å²) in [6, 6.07) is 2.18. The molecule has 2 N–H and O–H groups in total. The van der Waals surface area contributed by atoms with Crippen molar-refractivity contribution < 1.29 is 0 Å². The average Bonchev–Trinajstić information content (AvgIpc) is 2.71. The van der Waals surface area contributed by atoms with Gasteiger partial charge in [-0.25, -0.2) is 0 Å². The van der Waals surface area contributed by atoms with Gasteiger partial charge in [0.15, 0.2) is 0 Å². The molecule has 5 heteroatoms. The number of nitrogens with zero attached hydrogens (tertiary/aromatic N) is 4. The van der Waals surface area contributed by atoms with Gasteiger partial charge in [-0.2, -0.15) is 10.4 Å². The molecule has 0 atom stereocenters. The summed E-state index contributed by atoms with van der Waals surface area (Å²) < 4.78 is 2.04. The number of unbranched alkanes of at least 4 members (excludes halogenated alkanes) is 1. The van der Waals surface area contributed by atoms with E-state index in [2.05, 4.69) is 16.1 Å². The van der Waals surface area contributed by atoms with Crippen molar-refractivity contribution in [3.8, 4) is 6.07 Å². The van der Waals surface area contributed by atoms with Crippen LogP contribution in [0.5, 0.6) is 0 Å². The first-order valence-electron chi connectivity index (χ1n) is 5.68. The first-order valence-corrected chi connectivity index (χ1v) is 5.68. The summed E-state index contributed by atoms with van der Waals surface area (Å²) in [4.78, 5) is 2.37. The molecule has 1 aliphatic rings. The van der Waals surface area contributed by atoms with Gasteiger partial charge in [0.2, 0.25) is 0 Å². The monoisotopic (exact) mass is 219 g/mol. The zero-order valence-corrected chi connectivity index (χ0v) is 9.39. The summed E-state index contributed by atoms with van der Waals surface area (Å²) in [6.45, 7) is 4.41. The van der Waals surface area contributed by atoms with Crippen LogP contribution in [-0.4, -0.2) is 27.8 Å². The number of aromatic nitrogens is 2. The Morgan fingerprint density at radius 2 is 2.38 bits per heavy atom. The fourth-order valence-corrected chi connectivity index (χ4v) is 2.10. The first-order chi connectivity index (χ1) is 7.85. The maximum Gasteiger partial charge on any atom is 0.0622 e. The van der Waals surface area contributed by atoms with Crippen LogP contribution in [0.1, 0.15) is 24.1 Å². The van der Waals surface area contributed by atoms with Crippen molar-refractivity contribution in [3.63, 3.8) is 0 Å². The van der Waals surface area contributed by atoms with Crippen molar-refractivity contribution in [1.29, 1.82) is 5.26 Å². The van der Waals surface area contributed by atoms with Gasteiger partial charge in [0.25, 0.3) is 0 Å². The quantitative estimate of drug-likeness (QED) is 0.747. The van der Waals surface area contributed by atoms with Crippen molar-refractivity contribution in [1.82, 2.24) is 14.7 Å². The predicted octanol–water partition coefficient (Wildman–Crippen LogP) is 0.461. The lowest BCUT2D eigenvalue weighted by molar-refractivity contribution is 0.211. The van der Waals surface area contributed by atoms with Gasteiger partial charge in [0, 0.05) is 31.6 Å². The van der Waals surface area contributed by atoms with E-state index in [1.807, 2.05) is 10.9 Å². The molecule has 2 rings (SSSR count). The lowest BCUT2D eigenvalue weighted by Crippen LogP contribution is -2.35. The fourth-order valence-electron chi connectivity index (χ4n) is 2.10. The van der Waals surface area contributed by atoms with Crippen LogP contribution in [0.2, 0.25) is 0 Å². The number of hydrogen-bond donors (Lipinski definition) is 1. The molecule has 0 saturated heterocycles. The van der Waals surface area contributed by atoms with E-state index in [9.17, 15) is 0 Å². The van der Waals surface area contributed by atoms with E-state index in [1.165, 1.54) is 5.69 Å². The molecule has 1 aromatic rings. The van der Waals surface area contributed by atoms with Crippen LogP contribution in [0, 0.1) is 11.3 Å². The molecule has 5 nitrogen and oxygen atoms in total. The zero-order chi connectivity index (χ0) is 11.4. The van der Waals surface area contributed by atoms with Crippen molar-refractivity contribution >= 4 is 0 Å². The third-order valence-electron chi connectivity index (χ3n) is 3.02. The largest absolute Gasteiger partial charge is 0.326 e. The Morgan fingerprint density at radius 1 is 1.50 bits per heavy atom. The second-order valence-electron chi connectivity index (χ2n) is 4.08. The van der Waals surface area contributed by atoms with Crippen LogP contribution in [-0.2, 0) is 19.6 Å². The molecule has 0 unspecified atom stereocenters. The molecule has 1 aliphatic heterocycles. The lowest BCUT2D eigenvalue weighted by atomic mass is 10.2. The highest BCUT2D eigenvalue weighted by molar-refractivity contribution is 5.18. The molecule has 0 saturated carbocycles. The Hall–Kier alpha value is -1.38. The minimum atomic E-state index is 0.557. The number of nitriles is 1. The Kier molecular flexibility index (Phi) is 3.54. The second-order valence-corrected chi connectivity index (χ2v) is 4.08. The highest BCUT2D eigenvalue weighted by Gasteiger charge is 2.18. The maximum atomic E-state index is 8.50. The molecule has 0 fully saturated rings. The smallest absolute Gasteiger partial charge is 0.0622 e. The van der Waals surface area contributed by atoms with Gasteiger partial charge < -0.3 is 5.73 Å². The molecule has 0 amide bonds. The van der Waals surface area contributed by atoms with Crippen LogP contribution < -0.4 is 5.73 Å². The zero-order valence-electron chi connectivity index (χ0n) is 9.39. The molecule has 16 heavy (non-hydrogen) atoms. The second kappa shape index (κ2) is 5.10. The number of rotatable bonds is 4. The Labute approximate surface area is 95.4 Å². The number of nitrogens with two attached hydrogens (primary N) is 1. The summed E-state index contributed by atoms with van der Waals surface area (Å²) in [6.07, 6.45) is 3.45. The van der Waals surface area contributed by atoms with Gasteiger partial charge in [0.05, 0.1) is 24.5 Å². The van der Waals surface area contributed by atoms with Gasteiger partial charge in [0.1, 0.15) is 0 Å². The molecule has 1 aromatic heterocycles. The molecular formula is C11H17N5. The van der Waals surface area contributed by atoms with Crippen LogP contribution in [0.4, 0.5) is 0 Å². The molecule has 0 radical (unpaired) electrons. The topological polar surface area (TPSA) is 70.9 Å². The first kappa shape index (κ1) is 11.1. The minimum Gasteiger partial charge on any atom is -0.326 e. The molecule has 0 aliphatic carbocycles. The van der Waals surface area contributed by atoms with Crippen molar-refractivity contribution in [2.75, 3.05) is 13.1 Å². The Balaban J connectivity index is 1.97. The van der Waals surface area contributed by atoms with Crippen molar-refractivity contribution in [3.05, 3.63) is 17.5 Å². The Morgan fingerprint density at radius 3 is 3.12 bits per heavy atom. The predicted molar refractivity (Wildman–Crippen MR) is 60.2 cm³/mol. The summed E-state index contributed by atoms with van der Waals surface area (Å²) in [5.41, 5.74) is 8.06. The number of fused-ring (bicyclic) bond motifs is 1. The van der Waals surface area contributed by atoms with E-state index in [4.69, 9.17) is 11.0 Å². The van der Waals surface area contributed by atoms with E-state index in [-0.39, 0.29) is 0 Å².